The van der Waals surface area contributed by atoms with E-state index in [2.05, 4.69) is 43.1 Å². The number of aryl methyl sites for hydroxylation is 1. The molecular weight excluding hydrogens is 284 g/mol. The van der Waals surface area contributed by atoms with E-state index in [1.807, 2.05) is 23.1 Å². The minimum Gasteiger partial charge on any atom is -0.342 e. The van der Waals surface area contributed by atoms with Crippen molar-refractivity contribution in [3.05, 3.63) is 65.5 Å². The van der Waals surface area contributed by atoms with E-state index < -0.39 is 0 Å². The zero-order valence-electron chi connectivity index (χ0n) is 13.9. The number of carbonyl (C=O) groups excluding carboxylic acids is 1. The number of nitrogens with zero attached hydrogens (tertiary/aromatic N) is 2. The molecule has 2 aromatic rings. The average Bonchev–Trinajstić information content (AvgIpc) is 2.58. The number of rotatable bonds is 3. The molecule has 1 fully saturated rings. The highest BCUT2D eigenvalue weighted by Crippen LogP contribution is 2.28. The van der Waals surface area contributed by atoms with Crippen LogP contribution in [0.3, 0.4) is 0 Å². The third-order valence-corrected chi connectivity index (χ3v) is 4.61. The molecule has 0 aliphatic carbocycles. The summed E-state index contributed by atoms with van der Waals surface area (Å²) in [5, 5.41) is 0. The molecule has 0 N–H and O–H groups in total. The number of amides is 1. The van der Waals surface area contributed by atoms with Crippen molar-refractivity contribution < 1.29 is 4.79 Å². The van der Waals surface area contributed by atoms with Crippen molar-refractivity contribution in [1.29, 1.82) is 0 Å². The van der Waals surface area contributed by atoms with Gasteiger partial charge in [-0.3, -0.25) is 9.78 Å². The van der Waals surface area contributed by atoms with Gasteiger partial charge in [0.2, 0.25) is 5.91 Å². The van der Waals surface area contributed by atoms with Crippen LogP contribution in [0.4, 0.5) is 0 Å². The van der Waals surface area contributed by atoms with E-state index >= 15 is 0 Å². The van der Waals surface area contributed by atoms with Gasteiger partial charge in [-0.15, -0.1) is 0 Å². The van der Waals surface area contributed by atoms with Gasteiger partial charge >= 0.3 is 0 Å². The van der Waals surface area contributed by atoms with Crippen LogP contribution in [-0.2, 0) is 4.79 Å². The molecule has 2 unspecified atom stereocenters. The van der Waals surface area contributed by atoms with E-state index in [4.69, 9.17) is 0 Å². The molecule has 1 aromatic carbocycles. The maximum Gasteiger partial charge on any atom is 0.236 e. The maximum absolute atomic E-state index is 13.2. The van der Waals surface area contributed by atoms with Gasteiger partial charge in [-0.05, 0) is 43.4 Å². The Morgan fingerprint density at radius 1 is 1.22 bits per heavy atom. The summed E-state index contributed by atoms with van der Waals surface area (Å²) in [6.07, 6.45) is 4.07. The Morgan fingerprint density at radius 3 is 2.65 bits per heavy atom. The normalized spacial score (nSPS) is 19.4. The van der Waals surface area contributed by atoms with Gasteiger partial charge in [-0.2, -0.15) is 0 Å². The summed E-state index contributed by atoms with van der Waals surface area (Å²) in [6, 6.07) is 14.0. The minimum absolute atomic E-state index is 0.180. The Kier molecular flexibility index (Phi) is 4.75. The van der Waals surface area contributed by atoms with Gasteiger partial charge in [0, 0.05) is 19.3 Å². The Morgan fingerprint density at radius 2 is 2.00 bits per heavy atom. The number of aromatic nitrogens is 1. The van der Waals surface area contributed by atoms with E-state index in [1.54, 1.807) is 6.20 Å². The van der Waals surface area contributed by atoms with E-state index in [0.29, 0.717) is 5.92 Å². The zero-order valence-corrected chi connectivity index (χ0v) is 13.9. The third-order valence-electron chi connectivity index (χ3n) is 4.61. The first-order chi connectivity index (χ1) is 11.1. The molecule has 3 rings (SSSR count). The van der Waals surface area contributed by atoms with Gasteiger partial charge in [0.05, 0.1) is 5.69 Å². The average molecular weight is 308 g/mol. The molecular formula is C20H24N2O. The van der Waals surface area contributed by atoms with Crippen LogP contribution in [0.1, 0.15) is 42.5 Å². The fourth-order valence-electron chi connectivity index (χ4n) is 3.32. The third kappa shape index (κ3) is 3.61. The predicted molar refractivity (Wildman–Crippen MR) is 92.2 cm³/mol. The minimum atomic E-state index is -0.304. The van der Waals surface area contributed by atoms with E-state index in [0.717, 1.165) is 30.8 Å². The van der Waals surface area contributed by atoms with Gasteiger partial charge < -0.3 is 4.90 Å². The molecule has 0 saturated carbocycles. The number of likely N-dealkylation sites (tertiary alicyclic amines) is 1. The number of hydrogen-bond acceptors (Lipinski definition) is 2. The number of piperidine rings is 1. The molecule has 120 valence electrons. The first-order valence-corrected chi connectivity index (χ1v) is 8.41. The molecule has 3 heteroatoms. The Balaban J connectivity index is 1.94. The van der Waals surface area contributed by atoms with Crippen molar-refractivity contribution in [3.8, 4) is 0 Å². The topological polar surface area (TPSA) is 33.2 Å². The molecule has 2 atom stereocenters. The lowest BCUT2D eigenvalue weighted by molar-refractivity contribution is -0.133. The fraction of sp³-hybridized carbons (Fsp3) is 0.400. The van der Waals surface area contributed by atoms with Crippen molar-refractivity contribution in [3.63, 3.8) is 0 Å². The van der Waals surface area contributed by atoms with E-state index in [-0.39, 0.29) is 11.8 Å². The highest BCUT2D eigenvalue weighted by molar-refractivity contribution is 5.86. The molecule has 1 amide bonds. The highest BCUT2D eigenvalue weighted by atomic mass is 16.2. The molecule has 1 aliphatic rings. The van der Waals surface area contributed by atoms with Crippen LogP contribution in [0.25, 0.3) is 0 Å². The Labute approximate surface area is 138 Å². The van der Waals surface area contributed by atoms with Crippen LogP contribution in [-0.4, -0.2) is 28.9 Å². The number of pyridine rings is 1. The lowest BCUT2D eigenvalue weighted by Crippen LogP contribution is -2.42. The van der Waals surface area contributed by atoms with E-state index in [9.17, 15) is 4.79 Å². The second-order valence-electron chi connectivity index (χ2n) is 6.63. The summed E-state index contributed by atoms with van der Waals surface area (Å²) in [6.45, 7) is 6.00. The Hall–Kier alpha value is -2.16. The van der Waals surface area contributed by atoms with Crippen LogP contribution in [0, 0.1) is 12.8 Å². The lowest BCUT2D eigenvalue weighted by atomic mass is 9.91. The van der Waals surface area contributed by atoms with E-state index in [1.165, 1.54) is 12.0 Å². The molecule has 0 bridgehead atoms. The van der Waals surface area contributed by atoms with Crippen molar-refractivity contribution in [2.45, 2.75) is 32.6 Å². The van der Waals surface area contributed by atoms with Gasteiger partial charge in [-0.1, -0.05) is 42.8 Å². The van der Waals surface area contributed by atoms with Crippen LogP contribution in [0.15, 0.2) is 48.7 Å². The molecule has 0 radical (unpaired) electrons. The molecule has 23 heavy (non-hydrogen) atoms. The van der Waals surface area contributed by atoms with Crippen LogP contribution < -0.4 is 0 Å². The van der Waals surface area contributed by atoms with Crippen LogP contribution in [0.5, 0.6) is 0 Å². The van der Waals surface area contributed by atoms with Crippen molar-refractivity contribution in [2.24, 2.45) is 5.92 Å². The quantitative estimate of drug-likeness (QED) is 0.864. The van der Waals surface area contributed by atoms with Crippen molar-refractivity contribution >= 4 is 5.91 Å². The molecule has 1 aromatic heterocycles. The summed E-state index contributed by atoms with van der Waals surface area (Å²) in [4.78, 5) is 19.7. The number of hydrogen-bond donors (Lipinski definition) is 0. The van der Waals surface area contributed by atoms with Crippen molar-refractivity contribution in [2.75, 3.05) is 13.1 Å². The number of carbonyl (C=O) groups is 1. The van der Waals surface area contributed by atoms with Gasteiger partial charge in [0.25, 0.3) is 0 Å². The van der Waals surface area contributed by atoms with Crippen molar-refractivity contribution in [1.82, 2.24) is 9.88 Å². The van der Waals surface area contributed by atoms with Gasteiger partial charge in [0.1, 0.15) is 5.92 Å². The van der Waals surface area contributed by atoms with Crippen LogP contribution in [0.2, 0.25) is 0 Å². The maximum atomic E-state index is 13.2. The number of benzene rings is 1. The molecule has 0 spiro atoms. The predicted octanol–water partition coefficient (Wildman–Crippen LogP) is 3.78. The fourth-order valence-corrected chi connectivity index (χ4v) is 3.32. The zero-order chi connectivity index (χ0) is 16.2. The molecule has 3 nitrogen and oxygen atoms in total. The highest BCUT2D eigenvalue weighted by Gasteiger charge is 2.30. The SMILES string of the molecule is Cc1ccc(C(C(=O)N2CCCC(C)C2)c2ccccn2)cc1. The van der Waals surface area contributed by atoms with Gasteiger partial charge in [0.15, 0.2) is 0 Å². The second kappa shape index (κ2) is 6.95. The monoisotopic (exact) mass is 308 g/mol. The first-order valence-electron chi connectivity index (χ1n) is 8.41. The second-order valence-corrected chi connectivity index (χ2v) is 6.63. The summed E-state index contributed by atoms with van der Waals surface area (Å²) in [7, 11) is 0. The lowest BCUT2D eigenvalue weighted by Gasteiger charge is -2.33. The van der Waals surface area contributed by atoms with Gasteiger partial charge in [-0.25, -0.2) is 0 Å². The molecule has 2 heterocycles. The summed E-state index contributed by atoms with van der Waals surface area (Å²) < 4.78 is 0. The molecule has 1 saturated heterocycles. The van der Waals surface area contributed by atoms with Crippen LogP contribution >= 0.6 is 0 Å². The first kappa shape index (κ1) is 15.7. The summed E-state index contributed by atoms with van der Waals surface area (Å²) >= 11 is 0. The standard InChI is InChI=1S/C20H24N2O/c1-15-8-10-17(11-9-15)19(18-7-3-4-12-21-18)20(23)22-13-5-6-16(2)14-22/h3-4,7-12,16,19H,5-6,13-14H2,1-2H3. The molecule has 1 aliphatic heterocycles. The smallest absolute Gasteiger partial charge is 0.236 e. The largest absolute Gasteiger partial charge is 0.342 e. The summed E-state index contributed by atoms with van der Waals surface area (Å²) in [5.41, 5.74) is 3.06. The summed E-state index contributed by atoms with van der Waals surface area (Å²) in [5.74, 6) is 0.455. The Bertz CT molecular complexity index is 651.